The van der Waals surface area contributed by atoms with Gasteiger partial charge >= 0.3 is 51.4 Å². The molecule has 0 aliphatic carbocycles. The van der Waals surface area contributed by atoms with Gasteiger partial charge in [0.1, 0.15) is 0 Å². The molecule has 0 spiro atoms. The van der Waals surface area contributed by atoms with Crippen LogP contribution in [0.5, 0.6) is 0 Å². The third-order valence-electron chi connectivity index (χ3n) is 6.13. The van der Waals surface area contributed by atoms with Crippen molar-refractivity contribution in [2.75, 3.05) is 6.54 Å². The molecule has 0 aliphatic heterocycles. The fourth-order valence-electron chi connectivity index (χ4n) is 4.06. The molecule has 0 aromatic carbocycles. The van der Waals surface area contributed by atoms with E-state index < -0.39 is 16.0 Å². The predicted molar refractivity (Wildman–Crippen MR) is 138 cm³/mol. The zero-order valence-corrected chi connectivity index (χ0v) is 26.4. The van der Waals surface area contributed by atoms with Crippen molar-refractivity contribution >= 4 is 16.0 Å². The Bertz CT molecular complexity index is 567. The largest absolute Gasteiger partial charge is 1.00 e. The quantitative estimate of drug-likeness (QED) is 0.138. The SMILES string of the molecule is CCCCCCCCCCCCCCCCCCCCCC/C=C/S(=O)(=O)NCCC(=O)[O-].[K+]. The summed E-state index contributed by atoms with van der Waals surface area (Å²) in [5, 5.41) is 11.4. The number of carboxylic acid groups (broad SMARTS) is 1. The molecule has 0 aromatic rings. The van der Waals surface area contributed by atoms with Crippen LogP contribution in [-0.2, 0) is 14.8 Å². The number of unbranched alkanes of at least 4 members (excludes halogenated alkanes) is 20. The van der Waals surface area contributed by atoms with E-state index in [4.69, 9.17) is 0 Å². The fourth-order valence-corrected chi connectivity index (χ4v) is 4.93. The third-order valence-corrected chi connectivity index (χ3v) is 7.29. The fraction of sp³-hybridized carbons (Fsp3) is 0.889. The van der Waals surface area contributed by atoms with Crippen LogP contribution < -0.4 is 61.2 Å². The van der Waals surface area contributed by atoms with Gasteiger partial charge in [0, 0.05) is 24.3 Å². The second-order valence-electron chi connectivity index (χ2n) is 9.44. The van der Waals surface area contributed by atoms with Crippen LogP contribution in [-0.4, -0.2) is 20.9 Å². The molecule has 0 fully saturated rings. The second kappa shape index (κ2) is 28.3. The van der Waals surface area contributed by atoms with Crippen molar-refractivity contribution in [3.05, 3.63) is 11.5 Å². The number of carbonyl (C=O) groups excluding carboxylic acids is 1. The standard InChI is InChI=1S/C27H53NO4S.K/c1-2-3-4-5-6-7-8-9-10-11-12-13-14-15-16-17-18-19-20-21-22-23-26-33(31,32)28-25-24-27(29)30;/h23,26,28H,2-22,24-25H2,1H3,(H,29,30);/q;+1/p-1/b26-23+;. The van der Waals surface area contributed by atoms with Crippen molar-refractivity contribution in [3.8, 4) is 0 Å². The summed E-state index contributed by atoms with van der Waals surface area (Å²) in [6, 6.07) is 0. The van der Waals surface area contributed by atoms with Gasteiger partial charge in [-0.1, -0.05) is 135 Å². The van der Waals surface area contributed by atoms with Gasteiger partial charge in [-0.3, -0.25) is 0 Å². The minimum absolute atomic E-state index is 0. The zero-order valence-electron chi connectivity index (χ0n) is 22.5. The number of allylic oxidation sites excluding steroid dienone is 1. The molecule has 0 saturated heterocycles. The van der Waals surface area contributed by atoms with Crippen molar-refractivity contribution in [1.29, 1.82) is 0 Å². The Morgan fingerprint density at radius 3 is 1.38 bits per heavy atom. The van der Waals surface area contributed by atoms with Gasteiger partial charge in [-0.05, 0) is 12.8 Å². The molecule has 0 heterocycles. The van der Waals surface area contributed by atoms with E-state index in [1.54, 1.807) is 6.08 Å². The van der Waals surface area contributed by atoms with E-state index in [1.807, 2.05) is 0 Å². The summed E-state index contributed by atoms with van der Waals surface area (Å²) in [5.74, 6) is -1.26. The number of hydrogen-bond acceptors (Lipinski definition) is 4. The van der Waals surface area contributed by atoms with Crippen molar-refractivity contribution in [2.45, 2.75) is 148 Å². The average molecular weight is 526 g/mol. The molecule has 0 rings (SSSR count). The molecule has 34 heavy (non-hydrogen) atoms. The summed E-state index contributed by atoms with van der Waals surface area (Å²) in [7, 11) is -3.52. The van der Waals surface area contributed by atoms with Crippen LogP contribution in [0.1, 0.15) is 148 Å². The number of nitrogens with one attached hydrogen (secondary N) is 1. The Morgan fingerprint density at radius 2 is 1.03 bits per heavy atom. The van der Waals surface area contributed by atoms with E-state index in [2.05, 4.69) is 11.6 Å². The van der Waals surface area contributed by atoms with E-state index in [9.17, 15) is 18.3 Å². The van der Waals surface area contributed by atoms with Gasteiger partial charge < -0.3 is 9.90 Å². The van der Waals surface area contributed by atoms with Crippen LogP contribution in [0.15, 0.2) is 11.5 Å². The number of hydrogen-bond donors (Lipinski definition) is 1. The first-order chi connectivity index (χ1) is 16.0. The second-order valence-corrected chi connectivity index (χ2v) is 11.1. The van der Waals surface area contributed by atoms with E-state index in [0.29, 0.717) is 0 Å². The Morgan fingerprint density at radius 1 is 0.676 bits per heavy atom. The Balaban J connectivity index is 0. The first kappa shape index (κ1) is 36.9. The van der Waals surface area contributed by atoms with Gasteiger partial charge in [-0.15, -0.1) is 0 Å². The van der Waals surface area contributed by atoms with Crippen molar-refractivity contribution in [3.63, 3.8) is 0 Å². The van der Waals surface area contributed by atoms with E-state index in [-0.39, 0.29) is 64.4 Å². The van der Waals surface area contributed by atoms with Crippen molar-refractivity contribution in [2.24, 2.45) is 0 Å². The maximum absolute atomic E-state index is 11.6. The number of carboxylic acids is 1. The molecule has 0 aliphatic rings. The van der Waals surface area contributed by atoms with Crippen LogP contribution in [0.2, 0.25) is 0 Å². The van der Waals surface area contributed by atoms with Gasteiger partial charge in [0.05, 0.1) is 0 Å². The number of aliphatic carboxylic acids is 1. The molecular formula is C27H52KNO4S. The Kier molecular flexibility index (Phi) is 30.8. The molecule has 0 unspecified atom stereocenters. The summed E-state index contributed by atoms with van der Waals surface area (Å²) in [6.45, 7) is 2.15. The summed E-state index contributed by atoms with van der Waals surface area (Å²) in [5.41, 5.74) is 0. The topological polar surface area (TPSA) is 86.3 Å². The first-order valence-electron chi connectivity index (χ1n) is 13.8. The van der Waals surface area contributed by atoms with Crippen molar-refractivity contribution < 1.29 is 69.7 Å². The number of rotatable bonds is 26. The minimum Gasteiger partial charge on any atom is -0.550 e. The first-order valence-corrected chi connectivity index (χ1v) is 15.4. The molecule has 1 N–H and O–H groups in total. The van der Waals surface area contributed by atoms with Gasteiger partial charge in [0.25, 0.3) is 0 Å². The molecule has 0 saturated carbocycles. The van der Waals surface area contributed by atoms with Gasteiger partial charge in [0.15, 0.2) is 0 Å². The predicted octanol–water partition coefficient (Wildman–Crippen LogP) is 3.78. The van der Waals surface area contributed by atoms with E-state index in [1.165, 1.54) is 116 Å². The minimum atomic E-state index is -3.52. The zero-order chi connectivity index (χ0) is 24.5. The van der Waals surface area contributed by atoms with E-state index >= 15 is 0 Å². The van der Waals surface area contributed by atoms with Crippen LogP contribution in [0, 0.1) is 0 Å². The Hall–Kier alpha value is 0.756. The summed E-state index contributed by atoms with van der Waals surface area (Å²) < 4.78 is 25.4. The van der Waals surface area contributed by atoms with Gasteiger partial charge in [-0.25, -0.2) is 13.1 Å². The molecule has 0 aromatic heterocycles. The van der Waals surface area contributed by atoms with E-state index in [0.717, 1.165) is 24.7 Å². The van der Waals surface area contributed by atoms with Crippen LogP contribution in [0.3, 0.4) is 0 Å². The molecular weight excluding hydrogens is 473 g/mol. The maximum Gasteiger partial charge on any atom is 1.00 e. The van der Waals surface area contributed by atoms with Gasteiger partial charge in [0.2, 0.25) is 10.0 Å². The van der Waals surface area contributed by atoms with Crippen LogP contribution >= 0.6 is 0 Å². The molecule has 0 atom stereocenters. The van der Waals surface area contributed by atoms with Crippen molar-refractivity contribution in [1.82, 2.24) is 4.72 Å². The Labute approximate surface area is 254 Å². The molecule has 7 heteroatoms. The average Bonchev–Trinajstić information content (AvgIpc) is 2.76. The molecule has 196 valence electrons. The maximum atomic E-state index is 11.6. The molecule has 0 amide bonds. The van der Waals surface area contributed by atoms with Crippen LogP contribution in [0.4, 0.5) is 0 Å². The summed E-state index contributed by atoms with van der Waals surface area (Å²) in [4.78, 5) is 10.3. The molecule has 0 bridgehead atoms. The summed E-state index contributed by atoms with van der Waals surface area (Å²) in [6.07, 6.45) is 29.1. The molecule has 5 nitrogen and oxygen atoms in total. The normalized spacial score (nSPS) is 11.7. The number of sulfonamides is 1. The monoisotopic (exact) mass is 525 g/mol. The number of carbonyl (C=O) groups is 1. The smallest absolute Gasteiger partial charge is 0.550 e. The third kappa shape index (κ3) is 30.8. The molecule has 0 radical (unpaired) electrons. The summed E-state index contributed by atoms with van der Waals surface area (Å²) >= 11 is 0. The van der Waals surface area contributed by atoms with Gasteiger partial charge in [-0.2, -0.15) is 0 Å². The van der Waals surface area contributed by atoms with Crippen LogP contribution in [0.25, 0.3) is 0 Å².